The Morgan fingerprint density at radius 1 is 1.24 bits per heavy atom. The summed E-state index contributed by atoms with van der Waals surface area (Å²) in [6.45, 7) is 2.04. The van der Waals surface area contributed by atoms with Crippen molar-refractivity contribution in [3.05, 3.63) is 53.3 Å². The smallest absolute Gasteiger partial charge is 0.164 e. The molecular formula is C16H12ClN3S. The Labute approximate surface area is 130 Å². The van der Waals surface area contributed by atoms with Crippen LogP contribution in [-0.4, -0.2) is 14.5 Å². The lowest BCUT2D eigenvalue weighted by Crippen LogP contribution is -2.00. The third kappa shape index (κ3) is 1.94. The van der Waals surface area contributed by atoms with Crippen LogP contribution in [0.5, 0.6) is 0 Å². The monoisotopic (exact) mass is 313 g/mol. The average molecular weight is 314 g/mol. The largest absolute Gasteiger partial charge is 0.280 e. The molecule has 0 spiro atoms. The molecule has 0 aliphatic carbocycles. The predicted octanol–water partition coefficient (Wildman–Crippen LogP) is 4.68. The maximum absolute atomic E-state index is 6.09. The van der Waals surface area contributed by atoms with E-state index in [2.05, 4.69) is 39.6 Å². The first kappa shape index (κ1) is 12.8. The van der Waals surface area contributed by atoms with Crippen molar-refractivity contribution in [2.75, 3.05) is 0 Å². The van der Waals surface area contributed by atoms with Crippen molar-refractivity contribution < 1.29 is 0 Å². The summed E-state index contributed by atoms with van der Waals surface area (Å²) in [7, 11) is 0. The minimum atomic E-state index is 0.359. The number of pyridine rings is 1. The van der Waals surface area contributed by atoms with Gasteiger partial charge in [0.15, 0.2) is 5.65 Å². The average Bonchev–Trinajstić information content (AvgIpc) is 3.10. The second-order valence-corrected chi connectivity index (χ2v) is 6.15. The molecule has 3 aromatic heterocycles. The van der Waals surface area contributed by atoms with Gasteiger partial charge in [0.1, 0.15) is 11.3 Å². The molecule has 0 aliphatic heterocycles. The van der Waals surface area contributed by atoms with Crippen LogP contribution in [0.4, 0.5) is 0 Å². The first-order valence-corrected chi connectivity index (χ1v) is 8.06. The second kappa shape index (κ2) is 4.83. The summed E-state index contributed by atoms with van der Waals surface area (Å²) < 4.78 is 3.33. The quantitative estimate of drug-likeness (QED) is 0.503. The van der Waals surface area contributed by atoms with Crippen molar-refractivity contribution in [1.82, 2.24) is 14.5 Å². The van der Waals surface area contributed by atoms with Crippen molar-refractivity contribution in [2.24, 2.45) is 0 Å². The zero-order valence-electron chi connectivity index (χ0n) is 11.4. The zero-order chi connectivity index (χ0) is 14.4. The van der Waals surface area contributed by atoms with E-state index in [-0.39, 0.29) is 0 Å². The first-order valence-electron chi connectivity index (χ1n) is 6.64. The van der Waals surface area contributed by atoms with Gasteiger partial charge >= 0.3 is 0 Å². The summed E-state index contributed by atoms with van der Waals surface area (Å²) in [5.74, 6) is 1.18. The van der Waals surface area contributed by atoms with Gasteiger partial charge in [0.25, 0.3) is 0 Å². The Bertz CT molecular complexity index is 955. The highest BCUT2D eigenvalue weighted by Crippen LogP contribution is 2.27. The molecule has 0 saturated heterocycles. The van der Waals surface area contributed by atoms with E-state index in [0.717, 1.165) is 28.2 Å². The van der Waals surface area contributed by atoms with Crippen LogP contribution in [0.1, 0.15) is 11.4 Å². The normalized spacial score (nSPS) is 11.5. The Balaban J connectivity index is 2.06. The minimum Gasteiger partial charge on any atom is -0.280 e. The lowest BCUT2D eigenvalue weighted by atomic mass is 10.2. The number of aryl methyl sites for hydroxylation is 1. The standard InChI is InChI=1S/C16H12ClN3S/c1-10-4-6-18-16-15(10)19-14(9-17)20(16)12-2-3-13-11(8-12)5-7-21-13/h2-8H,9H2,1H3. The summed E-state index contributed by atoms with van der Waals surface area (Å²) in [6, 6.07) is 10.5. The minimum absolute atomic E-state index is 0.359. The molecule has 4 rings (SSSR count). The number of benzene rings is 1. The Kier molecular flexibility index (Phi) is 2.94. The van der Waals surface area contributed by atoms with Crippen LogP contribution in [0.3, 0.4) is 0 Å². The van der Waals surface area contributed by atoms with Crippen LogP contribution in [0, 0.1) is 6.92 Å². The van der Waals surface area contributed by atoms with Gasteiger partial charge in [0, 0.05) is 16.6 Å². The van der Waals surface area contributed by atoms with Gasteiger partial charge in [-0.15, -0.1) is 22.9 Å². The molecule has 0 radical (unpaired) electrons. The number of hydrogen-bond donors (Lipinski definition) is 0. The number of fused-ring (bicyclic) bond motifs is 2. The molecule has 104 valence electrons. The van der Waals surface area contributed by atoms with Crippen LogP contribution in [0.2, 0.25) is 0 Å². The Morgan fingerprint density at radius 2 is 2.14 bits per heavy atom. The number of aromatic nitrogens is 3. The highest BCUT2D eigenvalue weighted by Gasteiger charge is 2.14. The van der Waals surface area contributed by atoms with E-state index in [9.17, 15) is 0 Å². The second-order valence-electron chi connectivity index (χ2n) is 4.94. The summed E-state index contributed by atoms with van der Waals surface area (Å²) in [5.41, 5.74) is 3.94. The number of halogens is 1. The van der Waals surface area contributed by atoms with Gasteiger partial charge in [-0.2, -0.15) is 0 Å². The molecule has 0 atom stereocenters. The van der Waals surface area contributed by atoms with E-state index >= 15 is 0 Å². The topological polar surface area (TPSA) is 30.7 Å². The lowest BCUT2D eigenvalue weighted by Gasteiger charge is -2.07. The number of imidazole rings is 1. The van der Waals surface area contributed by atoms with E-state index in [0.29, 0.717) is 5.88 Å². The fourth-order valence-corrected chi connectivity index (χ4v) is 3.54. The third-order valence-corrected chi connectivity index (χ3v) is 4.77. The molecular weight excluding hydrogens is 302 g/mol. The third-order valence-electron chi connectivity index (χ3n) is 3.63. The molecule has 0 saturated carbocycles. The van der Waals surface area contributed by atoms with Crippen molar-refractivity contribution >= 4 is 44.2 Å². The van der Waals surface area contributed by atoms with Crippen molar-refractivity contribution in [3.8, 4) is 5.69 Å². The number of rotatable bonds is 2. The molecule has 3 heterocycles. The lowest BCUT2D eigenvalue weighted by molar-refractivity contribution is 0.972. The Morgan fingerprint density at radius 3 is 3.00 bits per heavy atom. The molecule has 1 aromatic carbocycles. The molecule has 0 fully saturated rings. The maximum atomic E-state index is 6.09. The maximum Gasteiger partial charge on any atom is 0.164 e. The van der Waals surface area contributed by atoms with Gasteiger partial charge in [-0.3, -0.25) is 4.57 Å². The highest BCUT2D eigenvalue weighted by molar-refractivity contribution is 7.17. The van der Waals surface area contributed by atoms with E-state index in [1.54, 1.807) is 11.3 Å². The number of hydrogen-bond acceptors (Lipinski definition) is 3. The summed E-state index contributed by atoms with van der Waals surface area (Å²) >= 11 is 7.84. The molecule has 5 heteroatoms. The predicted molar refractivity (Wildman–Crippen MR) is 88.5 cm³/mol. The van der Waals surface area contributed by atoms with Gasteiger partial charge in [0.05, 0.1) is 5.88 Å². The van der Waals surface area contributed by atoms with Crippen molar-refractivity contribution in [1.29, 1.82) is 0 Å². The van der Waals surface area contributed by atoms with E-state index in [1.165, 1.54) is 10.1 Å². The van der Waals surface area contributed by atoms with E-state index < -0.39 is 0 Å². The van der Waals surface area contributed by atoms with E-state index in [1.807, 2.05) is 23.8 Å². The summed E-state index contributed by atoms with van der Waals surface area (Å²) in [4.78, 5) is 9.15. The van der Waals surface area contributed by atoms with Crippen molar-refractivity contribution in [3.63, 3.8) is 0 Å². The fourth-order valence-electron chi connectivity index (χ4n) is 2.59. The fraction of sp³-hybridized carbons (Fsp3) is 0.125. The summed E-state index contributed by atoms with van der Waals surface area (Å²) in [5, 5.41) is 3.33. The number of nitrogens with zero attached hydrogens (tertiary/aromatic N) is 3. The molecule has 21 heavy (non-hydrogen) atoms. The van der Waals surface area contributed by atoms with Gasteiger partial charge in [-0.05, 0) is 53.6 Å². The number of alkyl halides is 1. The van der Waals surface area contributed by atoms with E-state index in [4.69, 9.17) is 11.6 Å². The molecule has 3 nitrogen and oxygen atoms in total. The first-order chi connectivity index (χ1) is 10.3. The van der Waals surface area contributed by atoms with Crippen LogP contribution < -0.4 is 0 Å². The van der Waals surface area contributed by atoms with Crippen LogP contribution in [-0.2, 0) is 5.88 Å². The van der Waals surface area contributed by atoms with Gasteiger partial charge in [-0.1, -0.05) is 0 Å². The molecule has 0 unspecified atom stereocenters. The van der Waals surface area contributed by atoms with Gasteiger partial charge in [-0.25, -0.2) is 9.97 Å². The van der Waals surface area contributed by atoms with Gasteiger partial charge in [0.2, 0.25) is 0 Å². The molecule has 0 amide bonds. The Hall–Kier alpha value is -1.91. The molecule has 0 aliphatic rings. The highest BCUT2D eigenvalue weighted by atomic mass is 35.5. The summed E-state index contributed by atoms with van der Waals surface area (Å²) in [6.07, 6.45) is 1.82. The van der Waals surface area contributed by atoms with Crippen LogP contribution in [0.25, 0.3) is 26.9 Å². The SMILES string of the molecule is Cc1ccnc2c1nc(CCl)n2-c1ccc2sccc2c1. The molecule has 0 bridgehead atoms. The van der Waals surface area contributed by atoms with Crippen LogP contribution >= 0.6 is 22.9 Å². The van der Waals surface area contributed by atoms with Gasteiger partial charge < -0.3 is 0 Å². The molecule has 0 N–H and O–H groups in total. The zero-order valence-corrected chi connectivity index (χ0v) is 12.9. The number of thiophene rings is 1. The van der Waals surface area contributed by atoms with Crippen molar-refractivity contribution in [2.45, 2.75) is 12.8 Å². The molecule has 4 aromatic rings. The van der Waals surface area contributed by atoms with Crippen LogP contribution in [0.15, 0.2) is 41.9 Å².